The van der Waals surface area contributed by atoms with Gasteiger partial charge in [0.15, 0.2) is 0 Å². The minimum atomic E-state index is -0.184. The van der Waals surface area contributed by atoms with E-state index in [1.54, 1.807) is 17.9 Å². The Morgan fingerprint density at radius 3 is 3.09 bits per heavy atom. The molecular formula is C16H20N4O2. The lowest BCUT2D eigenvalue weighted by atomic mass is 9.97. The molecule has 2 aromatic rings. The zero-order valence-electron chi connectivity index (χ0n) is 12.9. The summed E-state index contributed by atoms with van der Waals surface area (Å²) in [6, 6.07) is 2.99. The first-order chi connectivity index (χ1) is 10.5. The fourth-order valence-electron chi connectivity index (χ4n) is 3.06. The highest BCUT2D eigenvalue weighted by atomic mass is 16.2. The molecular weight excluding hydrogens is 280 g/mol. The summed E-state index contributed by atoms with van der Waals surface area (Å²) < 4.78 is 2.17. The number of aryl methyl sites for hydroxylation is 2. The zero-order chi connectivity index (χ0) is 15.7. The maximum Gasteiger partial charge on any atom is 0.255 e. The van der Waals surface area contributed by atoms with E-state index in [0.717, 1.165) is 25.2 Å². The average Bonchev–Trinajstić information content (AvgIpc) is 2.94. The first-order valence-corrected chi connectivity index (χ1v) is 7.50. The molecule has 3 heterocycles. The minimum absolute atomic E-state index is 0.0531. The minimum Gasteiger partial charge on any atom is -0.341 e. The second-order valence-corrected chi connectivity index (χ2v) is 5.94. The molecule has 116 valence electrons. The molecule has 0 saturated carbocycles. The maximum atomic E-state index is 12.5. The Bertz CT molecular complexity index is 747. The summed E-state index contributed by atoms with van der Waals surface area (Å²) in [5.74, 6) is 1.46. The van der Waals surface area contributed by atoms with E-state index in [1.165, 1.54) is 6.07 Å². The standard InChI is InChI=1S/C16H20N4O2/c1-11-13(3-4-15(21)18-11)16(22)19(2)10-12-5-7-20-8-6-17-14(20)9-12/h3-4,6,8,12H,5,7,9-10H2,1-2H3,(H,18,21)/t12-/m1/s1. The van der Waals surface area contributed by atoms with Gasteiger partial charge in [0.2, 0.25) is 5.56 Å². The topological polar surface area (TPSA) is 71.0 Å². The van der Waals surface area contributed by atoms with Crippen molar-refractivity contribution < 1.29 is 4.79 Å². The summed E-state index contributed by atoms with van der Waals surface area (Å²) in [4.78, 5) is 32.6. The summed E-state index contributed by atoms with van der Waals surface area (Å²) in [7, 11) is 1.81. The van der Waals surface area contributed by atoms with E-state index in [9.17, 15) is 9.59 Å². The van der Waals surface area contributed by atoms with Crippen molar-refractivity contribution in [2.75, 3.05) is 13.6 Å². The molecule has 6 heteroatoms. The first kappa shape index (κ1) is 14.6. The highest BCUT2D eigenvalue weighted by Crippen LogP contribution is 2.20. The third-order valence-corrected chi connectivity index (χ3v) is 4.28. The number of nitrogens with zero attached hydrogens (tertiary/aromatic N) is 3. The molecule has 6 nitrogen and oxygen atoms in total. The van der Waals surface area contributed by atoms with Crippen molar-refractivity contribution in [3.63, 3.8) is 0 Å². The van der Waals surface area contributed by atoms with Crippen LogP contribution in [0.5, 0.6) is 0 Å². The van der Waals surface area contributed by atoms with Crippen LogP contribution in [0.15, 0.2) is 29.3 Å². The van der Waals surface area contributed by atoms with Gasteiger partial charge in [0.25, 0.3) is 5.91 Å². The third-order valence-electron chi connectivity index (χ3n) is 4.28. The number of aromatic amines is 1. The van der Waals surface area contributed by atoms with Crippen molar-refractivity contribution in [1.82, 2.24) is 19.4 Å². The lowest BCUT2D eigenvalue weighted by Gasteiger charge is -2.28. The SMILES string of the molecule is Cc1[nH]c(=O)ccc1C(=O)N(C)C[C@@H]1CCn2ccnc2C1. The van der Waals surface area contributed by atoms with Gasteiger partial charge >= 0.3 is 0 Å². The number of H-pyrrole nitrogens is 1. The molecule has 1 aliphatic heterocycles. The number of carbonyl (C=O) groups excluding carboxylic acids is 1. The molecule has 0 unspecified atom stereocenters. The van der Waals surface area contributed by atoms with E-state index in [0.29, 0.717) is 23.7 Å². The number of imidazole rings is 1. The monoisotopic (exact) mass is 300 g/mol. The summed E-state index contributed by atoms with van der Waals surface area (Å²) >= 11 is 0. The fraction of sp³-hybridized carbons (Fsp3) is 0.438. The van der Waals surface area contributed by atoms with Crippen LogP contribution in [0.1, 0.15) is 28.3 Å². The van der Waals surface area contributed by atoms with Crippen LogP contribution in [0.3, 0.4) is 0 Å². The Morgan fingerprint density at radius 2 is 2.32 bits per heavy atom. The second-order valence-electron chi connectivity index (χ2n) is 5.94. The van der Waals surface area contributed by atoms with Crippen LogP contribution in [0.2, 0.25) is 0 Å². The highest BCUT2D eigenvalue weighted by Gasteiger charge is 2.23. The van der Waals surface area contributed by atoms with Crippen molar-refractivity contribution >= 4 is 5.91 Å². The summed E-state index contributed by atoms with van der Waals surface area (Å²) in [6.07, 6.45) is 5.78. The normalized spacial score (nSPS) is 17.1. The number of carbonyl (C=O) groups is 1. The quantitative estimate of drug-likeness (QED) is 0.926. The van der Waals surface area contributed by atoms with Gasteiger partial charge in [-0.25, -0.2) is 4.98 Å². The highest BCUT2D eigenvalue weighted by molar-refractivity contribution is 5.95. The number of aromatic nitrogens is 3. The van der Waals surface area contributed by atoms with Crippen LogP contribution >= 0.6 is 0 Å². The molecule has 0 bridgehead atoms. The molecule has 0 radical (unpaired) electrons. The predicted octanol–water partition coefficient (Wildman–Crippen LogP) is 1.21. The summed E-state index contributed by atoms with van der Waals surface area (Å²) in [5.41, 5.74) is 0.985. The Balaban J connectivity index is 1.68. The van der Waals surface area contributed by atoms with Crippen LogP contribution in [0.25, 0.3) is 0 Å². The number of hydrogen-bond donors (Lipinski definition) is 1. The van der Waals surface area contributed by atoms with Crippen LogP contribution in [0, 0.1) is 12.8 Å². The molecule has 3 rings (SSSR count). The Labute approximate surface area is 128 Å². The molecule has 0 aromatic carbocycles. The van der Waals surface area contributed by atoms with Gasteiger partial charge < -0.3 is 14.5 Å². The van der Waals surface area contributed by atoms with E-state index in [1.807, 2.05) is 19.4 Å². The average molecular weight is 300 g/mol. The molecule has 1 N–H and O–H groups in total. The van der Waals surface area contributed by atoms with Gasteiger partial charge in [-0.15, -0.1) is 0 Å². The molecule has 0 saturated heterocycles. The van der Waals surface area contributed by atoms with Crippen molar-refractivity contribution in [2.24, 2.45) is 5.92 Å². The number of rotatable bonds is 3. The van der Waals surface area contributed by atoms with E-state index < -0.39 is 0 Å². The lowest BCUT2D eigenvalue weighted by Crippen LogP contribution is -2.35. The van der Waals surface area contributed by atoms with E-state index in [2.05, 4.69) is 14.5 Å². The zero-order valence-corrected chi connectivity index (χ0v) is 12.9. The largest absolute Gasteiger partial charge is 0.341 e. The van der Waals surface area contributed by atoms with Gasteiger partial charge in [-0.3, -0.25) is 9.59 Å². The van der Waals surface area contributed by atoms with Crippen LogP contribution in [-0.2, 0) is 13.0 Å². The molecule has 1 amide bonds. The van der Waals surface area contributed by atoms with Gasteiger partial charge in [-0.05, 0) is 25.3 Å². The van der Waals surface area contributed by atoms with Crippen LogP contribution < -0.4 is 5.56 Å². The molecule has 22 heavy (non-hydrogen) atoms. The Hall–Kier alpha value is -2.37. The number of hydrogen-bond acceptors (Lipinski definition) is 3. The smallest absolute Gasteiger partial charge is 0.255 e. The first-order valence-electron chi connectivity index (χ1n) is 7.50. The molecule has 1 atom stereocenters. The van der Waals surface area contributed by atoms with E-state index >= 15 is 0 Å². The molecule has 0 spiro atoms. The van der Waals surface area contributed by atoms with Gasteiger partial charge in [0.05, 0.1) is 5.56 Å². The van der Waals surface area contributed by atoms with Gasteiger partial charge in [0, 0.05) is 50.7 Å². The number of amides is 1. The maximum absolute atomic E-state index is 12.5. The Morgan fingerprint density at radius 1 is 1.50 bits per heavy atom. The van der Waals surface area contributed by atoms with Crippen LogP contribution in [-0.4, -0.2) is 38.9 Å². The predicted molar refractivity (Wildman–Crippen MR) is 82.8 cm³/mol. The number of pyridine rings is 1. The molecule has 2 aromatic heterocycles. The molecule has 1 aliphatic rings. The fourth-order valence-corrected chi connectivity index (χ4v) is 3.06. The lowest BCUT2D eigenvalue weighted by molar-refractivity contribution is 0.0762. The van der Waals surface area contributed by atoms with Gasteiger partial charge in [-0.1, -0.05) is 0 Å². The van der Waals surface area contributed by atoms with Crippen molar-refractivity contribution in [3.8, 4) is 0 Å². The van der Waals surface area contributed by atoms with Crippen LogP contribution in [0.4, 0.5) is 0 Å². The van der Waals surface area contributed by atoms with Crippen molar-refractivity contribution in [1.29, 1.82) is 0 Å². The van der Waals surface area contributed by atoms with Gasteiger partial charge in [0.1, 0.15) is 5.82 Å². The van der Waals surface area contributed by atoms with E-state index in [4.69, 9.17) is 0 Å². The molecule has 0 aliphatic carbocycles. The van der Waals surface area contributed by atoms with Gasteiger partial charge in [-0.2, -0.15) is 0 Å². The summed E-state index contributed by atoms with van der Waals surface area (Å²) in [5, 5.41) is 0. The number of nitrogens with one attached hydrogen (secondary N) is 1. The Kier molecular flexibility index (Phi) is 3.83. The number of fused-ring (bicyclic) bond motifs is 1. The molecule has 0 fully saturated rings. The van der Waals surface area contributed by atoms with E-state index in [-0.39, 0.29) is 11.5 Å². The van der Waals surface area contributed by atoms with Crippen molar-refractivity contribution in [2.45, 2.75) is 26.3 Å². The third kappa shape index (κ3) is 2.81. The second kappa shape index (κ2) is 5.79. The van der Waals surface area contributed by atoms with Crippen molar-refractivity contribution in [3.05, 3.63) is 52.0 Å². The summed E-state index contributed by atoms with van der Waals surface area (Å²) in [6.45, 7) is 3.41.